The Balaban J connectivity index is 1.31. The van der Waals surface area contributed by atoms with E-state index < -0.39 is 21.9 Å². The van der Waals surface area contributed by atoms with Crippen molar-refractivity contribution in [2.75, 3.05) is 13.1 Å². The standard InChI is InChI=1S/C29H26ClNO6S/c30-23-3-1-2-22(18-23)28(32)19-31-17-16-20-4-12-26(13-5-20)38(35,36)27-14-10-25(11-15-27)37-24-8-6-21(7-9-24)29(33)34/h1-15,18,28,31-32H,16-17,19H2,(H,33,34)/t28-/m1/s1. The molecule has 38 heavy (non-hydrogen) atoms. The van der Waals surface area contributed by atoms with E-state index in [1.165, 1.54) is 36.4 Å². The lowest BCUT2D eigenvalue weighted by Gasteiger charge is -2.13. The molecule has 4 rings (SSSR count). The number of aliphatic hydroxyl groups is 1. The average Bonchev–Trinajstić information content (AvgIpc) is 2.92. The number of carboxylic acids is 1. The van der Waals surface area contributed by atoms with Crippen LogP contribution in [0.4, 0.5) is 0 Å². The monoisotopic (exact) mass is 551 g/mol. The van der Waals surface area contributed by atoms with Gasteiger partial charge >= 0.3 is 5.97 Å². The van der Waals surface area contributed by atoms with Gasteiger partial charge < -0.3 is 20.3 Å². The molecule has 1 atom stereocenters. The van der Waals surface area contributed by atoms with Crippen LogP contribution >= 0.6 is 11.6 Å². The molecule has 0 spiro atoms. The zero-order valence-electron chi connectivity index (χ0n) is 20.2. The second kappa shape index (κ2) is 12.2. The first-order valence-corrected chi connectivity index (χ1v) is 13.7. The summed E-state index contributed by atoms with van der Waals surface area (Å²) in [6.07, 6.45) is -0.00212. The number of ether oxygens (including phenoxy) is 1. The normalized spacial score (nSPS) is 12.2. The van der Waals surface area contributed by atoms with Gasteiger partial charge in [0.1, 0.15) is 11.5 Å². The first-order chi connectivity index (χ1) is 18.2. The molecule has 4 aromatic rings. The molecule has 0 heterocycles. The van der Waals surface area contributed by atoms with Crippen molar-refractivity contribution in [3.8, 4) is 11.5 Å². The molecule has 0 bridgehead atoms. The van der Waals surface area contributed by atoms with E-state index in [9.17, 15) is 18.3 Å². The van der Waals surface area contributed by atoms with Crippen LogP contribution in [0, 0.1) is 0 Å². The lowest BCUT2D eigenvalue weighted by Crippen LogP contribution is -2.23. The van der Waals surface area contributed by atoms with E-state index in [4.69, 9.17) is 21.4 Å². The van der Waals surface area contributed by atoms with Crippen LogP contribution in [0.1, 0.15) is 27.6 Å². The van der Waals surface area contributed by atoms with Crippen molar-refractivity contribution in [3.05, 3.63) is 119 Å². The first kappa shape index (κ1) is 27.3. The number of hydrogen-bond donors (Lipinski definition) is 3. The Kier molecular flexibility index (Phi) is 8.81. The molecule has 0 saturated carbocycles. The summed E-state index contributed by atoms with van der Waals surface area (Å²) in [6, 6.07) is 25.8. The number of rotatable bonds is 11. The Labute approximate surface area is 226 Å². The van der Waals surface area contributed by atoms with E-state index in [2.05, 4.69) is 5.32 Å². The topological polar surface area (TPSA) is 113 Å². The minimum Gasteiger partial charge on any atom is -0.478 e. The van der Waals surface area contributed by atoms with E-state index in [1.807, 2.05) is 6.07 Å². The lowest BCUT2D eigenvalue weighted by atomic mass is 10.1. The molecular weight excluding hydrogens is 526 g/mol. The smallest absolute Gasteiger partial charge is 0.335 e. The van der Waals surface area contributed by atoms with Crippen molar-refractivity contribution >= 4 is 27.4 Å². The van der Waals surface area contributed by atoms with E-state index in [0.29, 0.717) is 36.0 Å². The van der Waals surface area contributed by atoms with Gasteiger partial charge in [-0.2, -0.15) is 0 Å². The summed E-state index contributed by atoms with van der Waals surface area (Å²) in [5, 5.41) is 23.0. The summed E-state index contributed by atoms with van der Waals surface area (Å²) in [7, 11) is -3.71. The van der Waals surface area contributed by atoms with Crippen LogP contribution in [0.15, 0.2) is 107 Å². The molecule has 3 N–H and O–H groups in total. The maximum absolute atomic E-state index is 13.1. The Morgan fingerprint density at radius 2 is 1.45 bits per heavy atom. The highest BCUT2D eigenvalue weighted by atomic mass is 35.5. The molecule has 0 aliphatic carbocycles. The van der Waals surface area contributed by atoms with Gasteiger partial charge in [0.25, 0.3) is 0 Å². The van der Waals surface area contributed by atoms with Crippen molar-refractivity contribution in [2.24, 2.45) is 0 Å². The van der Waals surface area contributed by atoms with Crippen LogP contribution in [0.2, 0.25) is 5.02 Å². The Bertz CT molecular complexity index is 1490. The molecule has 0 radical (unpaired) electrons. The third kappa shape index (κ3) is 6.99. The summed E-state index contributed by atoms with van der Waals surface area (Å²) < 4.78 is 31.8. The fraction of sp³-hybridized carbons (Fsp3) is 0.138. The molecule has 0 aromatic heterocycles. The summed E-state index contributed by atoms with van der Waals surface area (Å²) >= 11 is 5.97. The van der Waals surface area contributed by atoms with E-state index in [0.717, 1.165) is 11.1 Å². The van der Waals surface area contributed by atoms with Gasteiger partial charge in [0.2, 0.25) is 9.84 Å². The van der Waals surface area contributed by atoms with Crippen molar-refractivity contribution < 1.29 is 28.2 Å². The minimum atomic E-state index is -3.71. The number of aliphatic hydroxyl groups excluding tert-OH is 1. The zero-order chi connectivity index (χ0) is 27.1. The molecule has 0 aliphatic heterocycles. The van der Waals surface area contributed by atoms with Crippen LogP contribution < -0.4 is 10.1 Å². The van der Waals surface area contributed by atoms with Gasteiger partial charge in [-0.25, -0.2) is 13.2 Å². The second-order valence-corrected chi connectivity index (χ2v) is 11.0. The Morgan fingerprint density at radius 3 is 2.03 bits per heavy atom. The molecule has 0 unspecified atom stereocenters. The van der Waals surface area contributed by atoms with Crippen molar-refractivity contribution in [2.45, 2.75) is 22.3 Å². The molecule has 0 fully saturated rings. The summed E-state index contributed by atoms with van der Waals surface area (Å²) in [5.74, 6) is -0.161. The second-order valence-electron chi connectivity index (χ2n) is 8.58. The number of hydrogen-bond acceptors (Lipinski definition) is 6. The van der Waals surface area contributed by atoms with Crippen molar-refractivity contribution in [1.82, 2.24) is 5.32 Å². The van der Waals surface area contributed by atoms with Gasteiger partial charge in [-0.15, -0.1) is 0 Å². The average molecular weight is 552 g/mol. The third-order valence-electron chi connectivity index (χ3n) is 5.87. The quantitative estimate of drug-likeness (QED) is 0.210. The summed E-state index contributed by atoms with van der Waals surface area (Å²) in [4.78, 5) is 11.3. The predicted octanol–water partition coefficient (Wildman–Crippen LogP) is 5.53. The molecule has 0 amide bonds. The molecule has 9 heteroatoms. The van der Waals surface area contributed by atoms with Gasteiger partial charge in [0.05, 0.1) is 21.5 Å². The third-order valence-corrected chi connectivity index (χ3v) is 7.89. The predicted molar refractivity (Wildman–Crippen MR) is 145 cm³/mol. The highest BCUT2D eigenvalue weighted by Gasteiger charge is 2.18. The summed E-state index contributed by atoms with van der Waals surface area (Å²) in [5.41, 5.74) is 1.86. The van der Waals surface area contributed by atoms with Crippen LogP contribution in [-0.4, -0.2) is 37.7 Å². The van der Waals surface area contributed by atoms with Crippen molar-refractivity contribution in [1.29, 1.82) is 0 Å². The van der Waals surface area contributed by atoms with Gasteiger partial charge in [-0.3, -0.25) is 0 Å². The lowest BCUT2D eigenvalue weighted by molar-refractivity contribution is 0.0697. The number of aromatic carboxylic acids is 1. The maximum Gasteiger partial charge on any atom is 0.335 e. The number of halogens is 1. The Morgan fingerprint density at radius 1 is 0.868 bits per heavy atom. The molecule has 0 aliphatic rings. The molecule has 196 valence electrons. The molecule has 0 saturated heterocycles. The van der Waals surface area contributed by atoms with E-state index in [-0.39, 0.29) is 15.4 Å². The number of benzene rings is 4. The highest BCUT2D eigenvalue weighted by Crippen LogP contribution is 2.26. The van der Waals surface area contributed by atoms with Crippen LogP contribution in [0.25, 0.3) is 0 Å². The molecule has 7 nitrogen and oxygen atoms in total. The van der Waals surface area contributed by atoms with Crippen molar-refractivity contribution in [3.63, 3.8) is 0 Å². The van der Waals surface area contributed by atoms with E-state index >= 15 is 0 Å². The van der Waals surface area contributed by atoms with Crippen LogP contribution in [0.5, 0.6) is 11.5 Å². The summed E-state index contributed by atoms with van der Waals surface area (Å²) in [6.45, 7) is 0.990. The fourth-order valence-electron chi connectivity index (χ4n) is 3.76. The van der Waals surface area contributed by atoms with Crippen LogP contribution in [-0.2, 0) is 16.3 Å². The fourth-order valence-corrected chi connectivity index (χ4v) is 5.22. The van der Waals surface area contributed by atoms with Gasteiger partial charge in [-0.1, -0.05) is 35.9 Å². The Hall–Kier alpha value is -3.69. The molecular formula is C29H26ClNO6S. The zero-order valence-corrected chi connectivity index (χ0v) is 21.8. The number of carboxylic acid groups (broad SMARTS) is 1. The van der Waals surface area contributed by atoms with Gasteiger partial charge in [0.15, 0.2) is 0 Å². The maximum atomic E-state index is 13.1. The number of sulfone groups is 1. The molecule has 4 aromatic carbocycles. The number of carbonyl (C=O) groups is 1. The highest BCUT2D eigenvalue weighted by molar-refractivity contribution is 7.91. The largest absolute Gasteiger partial charge is 0.478 e. The van der Waals surface area contributed by atoms with Gasteiger partial charge in [-0.05, 0) is 96.9 Å². The SMILES string of the molecule is O=C(O)c1ccc(Oc2ccc(S(=O)(=O)c3ccc(CCNC[C@@H](O)c4cccc(Cl)c4)cc3)cc2)cc1. The first-order valence-electron chi connectivity index (χ1n) is 11.8. The van der Waals surface area contributed by atoms with E-state index in [1.54, 1.807) is 54.6 Å². The van der Waals surface area contributed by atoms with Gasteiger partial charge in [0, 0.05) is 11.6 Å². The van der Waals surface area contributed by atoms with Crippen LogP contribution in [0.3, 0.4) is 0 Å². The number of nitrogens with one attached hydrogen (secondary N) is 1. The minimum absolute atomic E-state index is 0.135.